The molecule has 0 heterocycles. The van der Waals surface area contributed by atoms with Crippen molar-refractivity contribution in [3.63, 3.8) is 0 Å². The quantitative estimate of drug-likeness (QED) is 0.784. The van der Waals surface area contributed by atoms with Crippen LogP contribution in [0.2, 0.25) is 0 Å². The van der Waals surface area contributed by atoms with Crippen molar-refractivity contribution in [1.82, 2.24) is 5.32 Å². The highest BCUT2D eigenvalue weighted by Crippen LogP contribution is 2.27. The minimum atomic E-state index is 0.565. The molecule has 17 heavy (non-hydrogen) atoms. The van der Waals surface area contributed by atoms with Gasteiger partial charge in [-0.2, -0.15) is 0 Å². The number of aryl methyl sites for hydroxylation is 1. The van der Waals surface area contributed by atoms with Crippen LogP contribution in [0.25, 0.3) is 0 Å². The maximum atomic E-state index is 5.18. The van der Waals surface area contributed by atoms with Gasteiger partial charge in [0.2, 0.25) is 0 Å². The monoisotopic (exact) mass is 235 g/mol. The van der Waals surface area contributed by atoms with Crippen LogP contribution in [0.4, 0.5) is 0 Å². The fourth-order valence-corrected chi connectivity index (χ4v) is 2.27. The average molecular weight is 235 g/mol. The average Bonchev–Trinajstić information content (AvgIpc) is 2.33. The number of hydrogen-bond acceptors (Lipinski definition) is 2. The minimum absolute atomic E-state index is 0.565. The maximum absolute atomic E-state index is 5.18. The van der Waals surface area contributed by atoms with Gasteiger partial charge in [0.25, 0.3) is 0 Å². The van der Waals surface area contributed by atoms with Crippen molar-refractivity contribution >= 4 is 0 Å². The van der Waals surface area contributed by atoms with E-state index in [1.54, 1.807) is 7.11 Å². The van der Waals surface area contributed by atoms with Crippen LogP contribution in [-0.4, -0.2) is 27.3 Å². The van der Waals surface area contributed by atoms with Crippen LogP contribution in [0.3, 0.4) is 0 Å². The van der Waals surface area contributed by atoms with Gasteiger partial charge in [0.15, 0.2) is 0 Å². The molecule has 1 rings (SSSR count). The highest BCUT2D eigenvalue weighted by molar-refractivity contribution is 5.26. The molecule has 1 aromatic carbocycles. The highest BCUT2D eigenvalue weighted by atomic mass is 16.5. The van der Waals surface area contributed by atoms with E-state index in [0.29, 0.717) is 11.8 Å². The zero-order chi connectivity index (χ0) is 12.7. The molecule has 2 atom stereocenters. The van der Waals surface area contributed by atoms with Gasteiger partial charge >= 0.3 is 0 Å². The molecule has 0 aliphatic heterocycles. The van der Waals surface area contributed by atoms with Crippen molar-refractivity contribution in [1.29, 1.82) is 0 Å². The Kier molecular flexibility index (Phi) is 6.23. The third-order valence-corrected chi connectivity index (χ3v) is 3.36. The molecule has 1 aromatic rings. The Bertz CT molecular complexity index is 324. The van der Waals surface area contributed by atoms with Crippen LogP contribution in [0, 0.1) is 12.8 Å². The van der Waals surface area contributed by atoms with Crippen molar-refractivity contribution in [2.45, 2.75) is 26.2 Å². The zero-order valence-electron chi connectivity index (χ0n) is 11.5. The van der Waals surface area contributed by atoms with Crippen molar-refractivity contribution in [2.24, 2.45) is 5.92 Å². The minimum Gasteiger partial charge on any atom is -0.385 e. The molecule has 0 aromatic heterocycles. The topological polar surface area (TPSA) is 21.3 Å². The summed E-state index contributed by atoms with van der Waals surface area (Å²) in [6.45, 7) is 6.32. The standard InChI is InChI=1S/C15H25NO/c1-12-6-5-7-14(10-12)15(11-16-3)13(2)8-9-17-4/h5-7,10,13,15-16H,8-9,11H2,1-4H3. The van der Waals surface area contributed by atoms with E-state index in [-0.39, 0.29) is 0 Å². The molecule has 0 saturated heterocycles. The molecular weight excluding hydrogens is 210 g/mol. The molecule has 0 aliphatic rings. The van der Waals surface area contributed by atoms with Crippen LogP contribution >= 0.6 is 0 Å². The van der Waals surface area contributed by atoms with E-state index >= 15 is 0 Å². The van der Waals surface area contributed by atoms with Crippen LogP contribution in [0.1, 0.15) is 30.4 Å². The first-order valence-electron chi connectivity index (χ1n) is 6.39. The van der Waals surface area contributed by atoms with E-state index in [2.05, 4.69) is 43.4 Å². The molecule has 96 valence electrons. The van der Waals surface area contributed by atoms with Crippen LogP contribution in [0.5, 0.6) is 0 Å². The molecule has 1 N–H and O–H groups in total. The number of likely N-dealkylation sites (N-methyl/N-ethyl adjacent to an activating group) is 1. The zero-order valence-corrected chi connectivity index (χ0v) is 11.5. The van der Waals surface area contributed by atoms with Gasteiger partial charge in [0, 0.05) is 20.3 Å². The first-order chi connectivity index (χ1) is 8.19. The summed E-state index contributed by atoms with van der Waals surface area (Å²) >= 11 is 0. The first kappa shape index (κ1) is 14.2. The summed E-state index contributed by atoms with van der Waals surface area (Å²) < 4.78 is 5.18. The van der Waals surface area contributed by atoms with Gasteiger partial charge in [-0.3, -0.25) is 0 Å². The fraction of sp³-hybridized carbons (Fsp3) is 0.600. The van der Waals surface area contributed by atoms with E-state index in [0.717, 1.165) is 19.6 Å². The third kappa shape index (κ3) is 4.49. The molecule has 2 heteroatoms. The summed E-state index contributed by atoms with van der Waals surface area (Å²) in [4.78, 5) is 0. The molecule has 0 amide bonds. The Morgan fingerprint density at radius 3 is 2.71 bits per heavy atom. The third-order valence-electron chi connectivity index (χ3n) is 3.36. The van der Waals surface area contributed by atoms with Crippen LogP contribution < -0.4 is 5.32 Å². The molecule has 0 saturated carbocycles. The summed E-state index contributed by atoms with van der Waals surface area (Å²) in [5, 5.41) is 3.30. The molecule has 0 aliphatic carbocycles. The summed E-state index contributed by atoms with van der Waals surface area (Å²) in [6.07, 6.45) is 1.11. The van der Waals surface area contributed by atoms with E-state index in [9.17, 15) is 0 Å². The lowest BCUT2D eigenvalue weighted by Gasteiger charge is -2.24. The van der Waals surface area contributed by atoms with Gasteiger partial charge in [0.05, 0.1) is 0 Å². The van der Waals surface area contributed by atoms with Crippen LogP contribution in [0.15, 0.2) is 24.3 Å². The number of rotatable bonds is 7. The van der Waals surface area contributed by atoms with Crippen molar-refractivity contribution in [3.8, 4) is 0 Å². The molecule has 0 spiro atoms. The molecule has 0 radical (unpaired) electrons. The number of hydrogen-bond donors (Lipinski definition) is 1. The number of methoxy groups -OCH3 is 1. The fourth-order valence-electron chi connectivity index (χ4n) is 2.27. The van der Waals surface area contributed by atoms with Gasteiger partial charge in [-0.25, -0.2) is 0 Å². The number of ether oxygens (including phenoxy) is 1. The first-order valence-corrected chi connectivity index (χ1v) is 6.39. The number of nitrogens with one attached hydrogen (secondary N) is 1. The Labute approximate surface area is 105 Å². The van der Waals surface area contributed by atoms with Gasteiger partial charge in [0.1, 0.15) is 0 Å². The van der Waals surface area contributed by atoms with E-state index in [1.807, 2.05) is 7.05 Å². The summed E-state index contributed by atoms with van der Waals surface area (Å²) in [5.41, 5.74) is 2.77. The summed E-state index contributed by atoms with van der Waals surface area (Å²) in [6, 6.07) is 8.83. The van der Waals surface area contributed by atoms with Gasteiger partial charge in [-0.1, -0.05) is 36.8 Å². The van der Waals surface area contributed by atoms with Crippen molar-refractivity contribution in [3.05, 3.63) is 35.4 Å². The van der Waals surface area contributed by atoms with Crippen molar-refractivity contribution in [2.75, 3.05) is 27.3 Å². The van der Waals surface area contributed by atoms with Crippen LogP contribution in [-0.2, 0) is 4.74 Å². The second-order valence-electron chi connectivity index (χ2n) is 4.84. The molecular formula is C15H25NO. The van der Waals surface area contributed by atoms with E-state index < -0.39 is 0 Å². The largest absolute Gasteiger partial charge is 0.385 e. The Hall–Kier alpha value is -0.860. The SMILES string of the molecule is CNCC(c1cccc(C)c1)C(C)CCOC. The highest BCUT2D eigenvalue weighted by Gasteiger charge is 2.18. The van der Waals surface area contributed by atoms with E-state index in [1.165, 1.54) is 11.1 Å². The maximum Gasteiger partial charge on any atom is 0.0465 e. The molecule has 2 unspecified atom stereocenters. The second-order valence-corrected chi connectivity index (χ2v) is 4.84. The van der Waals surface area contributed by atoms with Gasteiger partial charge < -0.3 is 10.1 Å². The molecule has 0 fully saturated rings. The number of benzene rings is 1. The lowest BCUT2D eigenvalue weighted by molar-refractivity contribution is 0.174. The predicted molar refractivity (Wildman–Crippen MR) is 73.5 cm³/mol. The van der Waals surface area contributed by atoms with Gasteiger partial charge in [-0.05, 0) is 37.8 Å². The van der Waals surface area contributed by atoms with Gasteiger partial charge in [-0.15, -0.1) is 0 Å². The smallest absolute Gasteiger partial charge is 0.0465 e. The van der Waals surface area contributed by atoms with Crippen molar-refractivity contribution < 1.29 is 4.74 Å². The summed E-state index contributed by atoms with van der Waals surface area (Å²) in [5.74, 6) is 1.19. The Morgan fingerprint density at radius 1 is 1.35 bits per heavy atom. The summed E-state index contributed by atoms with van der Waals surface area (Å²) in [7, 11) is 3.79. The Balaban J connectivity index is 2.77. The lowest BCUT2D eigenvalue weighted by atomic mass is 9.84. The molecule has 2 nitrogen and oxygen atoms in total. The predicted octanol–water partition coefficient (Wildman–Crippen LogP) is 2.97. The normalized spacial score (nSPS) is 14.6. The molecule has 0 bridgehead atoms. The lowest BCUT2D eigenvalue weighted by Crippen LogP contribution is -2.23. The van der Waals surface area contributed by atoms with E-state index in [4.69, 9.17) is 4.74 Å². The second kappa shape index (κ2) is 7.46. The Morgan fingerprint density at radius 2 is 2.12 bits per heavy atom.